The second-order valence-electron chi connectivity index (χ2n) is 8.63. The van der Waals surface area contributed by atoms with Crippen molar-refractivity contribution in [3.63, 3.8) is 0 Å². The van der Waals surface area contributed by atoms with Crippen LogP contribution in [0.3, 0.4) is 0 Å². The Labute approximate surface area is 200 Å². The topological polar surface area (TPSA) is 98.8 Å². The van der Waals surface area contributed by atoms with Crippen LogP contribution < -0.4 is 5.32 Å². The molecule has 34 heavy (non-hydrogen) atoms. The molecule has 2 bridgehead atoms. The van der Waals surface area contributed by atoms with Crippen molar-refractivity contribution in [2.75, 3.05) is 11.9 Å². The second-order valence-corrected chi connectivity index (χ2v) is 11.9. The van der Waals surface area contributed by atoms with Crippen LogP contribution in [0, 0.1) is 29.3 Å². The molecule has 3 fully saturated rings. The monoisotopic (exact) mass is 535 g/mol. The highest BCUT2D eigenvalue weighted by atomic mass is 35.5. The third-order valence-electron chi connectivity index (χ3n) is 6.73. The lowest BCUT2D eigenvalue weighted by atomic mass is 9.85. The molecule has 2 saturated carbocycles. The minimum Gasteiger partial charge on any atom is -0.322 e. The predicted octanol–water partition coefficient (Wildman–Crippen LogP) is 3.95. The van der Waals surface area contributed by atoms with Gasteiger partial charge in [0.1, 0.15) is 5.60 Å². The molecule has 3 unspecified atom stereocenters. The Morgan fingerprint density at radius 2 is 1.85 bits per heavy atom. The van der Waals surface area contributed by atoms with Gasteiger partial charge in [-0.2, -0.15) is 4.21 Å². The van der Waals surface area contributed by atoms with Crippen LogP contribution in [0.1, 0.15) is 29.6 Å². The molecule has 2 aliphatic carbocycles. The number of rotatable bonds is 4. The van der Waals surface area contributed by atoms with Crippen molar-refractivity contribution in [3.05, 3.63) is 58.4 Å². The molecule has 2 aromatic rings. The number of fused-ring (bicyclic) bond motifs is 3. The van der Waals surface area contributed by atoms with E-state index in [0.717, 1.165) is 6.07 Å². The molecule has 1 amide bonds. The van der Waals surface area contributed by atoms with E-state index in [1.807, 2.05) is 0 Å². The number of hydrogen-bond acceptors (Lipinski definition) is 6. The Morgan fingerprint density at radius 3 is 2.50 bits per heavy atom. The van der Waals surface area contributed by atoms with Gasteiger partial charge < -0.3 is 5.32 Å². The van der Waals surface area contributed by atoms with E-state index in [2.05, 4.69) is 5.32 Å². The third-order valence-corrected chi connectivity index (χ3v) is 10.3. The normalized spacial score (nSPS) is 30.2. The zero-order valence-corrected chi connectivity index (χ0v) is 19.6. The number of sulfone groups is 1. The largest absolute Gasteiger partial charge is 0.322 e. The lowest BCUT2D eigenvalue weighted by Crippen LogP contribution is -2.40. The number of amides is 1. The predicted molar refractivity (Wildman–Crippen MR) is 115 cm³/mol. The zero-order chi connectivity index (χ0) is 24.4. The van der Waals surface area contributed by atoms with Gasteiger partial charge in [-0.15, -0.1) is 0 Å². The van der Waals surface area contributed by atoms with Gasteiger partial charge in [0, 0.05) is 29.3 Å². The van der Waals surface area contributed by atoms with Gasteiger partial charge in [-0.05, 0) is 43.4 Å². The number of anilines is 1. The maximum Gasteiger partial charge on any atom is 0.305 e. The van der Waals surface area contributed by atoms with E-state index in [1.54, 1.807) is 0 Å². The summed E-state index contributed by atoms with van der Waals surface area (Å²) >= 11 is 4.29. The molecule has 2 aromatic carbocycles. The number of benzene rings is 2. The van der Waals surface area contributed by atoms with Gasteiger partial charge in [0.2, 0.25) is 0 Å². The van der Waals surface area contributed by atoms with Crippen LogP contribution in [0.15, 0.2) is 35.2 Å². The fourth-order valence-corrected chi connectivity index (χ4v) is 9.10. The molecule has 0 aromatic heterocycles. The molecule has 13 heteroatoms. The first-order valence-corrected chi connectivity index (χ1v) is 13.2. The maximum atomic E-state index is 13.7. The number of halogens is 4. The molecule has 182 valence electrons. The van der Waals surface area contributed by atoms with Crippen molar-refractivity contribution < 1.29 is 39.0 Å². The zero-order valence-electron chi connectivity index (χ0n) is 17.2. The lowest BCUT2D eigenvalue weighted by Gasteiger charge is -2.29. The number of hydrogen-bond donors (Lipinski definition) is 1. The van der Waals surface area contributed by atoms with Crippen LogP contribution in [-0.2, 0) is 29.6 Å². The Hall–Kier alpha value is -1.99. The maximum absolute atomic E-state index is 13.7. The van der Waals surface area contributed by atoms with Crippen LogP contribution in [0.4, 0.5) is 18.9 Å². The fourth-order valence-electron chi connectivity index (χ4n) is 5.33. The van der Waals surface area contributed by atoms with Crippen LogP contribution in [0.2, 0.25) is 5.02 Å². The molecule has 7 nitrogen and oxygen atoms in total. The Kier molecular flexibility index (Phi) is 5.79. The minimum absolute atomic E-state index is 0.0355. The van der Waals surface area contributed by atoms with E-state index < -0.39 is 61.3 Å². The molecule has 1 heterocycles. The van der Waals surface area contributed by atoms with Gasteiger partial charge in [0.05, 0.1) is 21.8 Å². The summed E-state index contributed by atoms with van der Waals surface area (Å²) in [5, 5.41) is 1.26. The van der Waals surface area contributed by atoms with E-state index in [-0.39, 0.29) is 33.7 Å². The summed E-state index contributed by atoms with van der Waals surface area (Å²) in [6.07, 6.45) is 1.58. The molecule has 1 N–H and O–H groups in total. The summed E-state index contributed by atoms with van der Waals surface area (Å²) in [7, 11) is -4.05. The summed E-state index contributed by atoms with van der Waals surface area (Å²) in [4.78, 5) is 12.4. The van der Waals surface area contributed by atoms with E-state index in [0.29, 0.717) is 31.4 Å². The second kappa shape index (κ2) is 8.30. The van der Waals surface area contributed by atoms with Gasteiger partial charge in [-0.25, -0.2) is 21.6 Å². The molecule has 5 atom stereocenters. The van der Waals surface area contributed by atoms with E-state index in [1.165, 1.54) is 12.1 Å². The fraction of sp³-hybridized carbons (Fsp3) is 0.381. The molecule has 1 aliphatic heterocycles. The first kappa shape index (κ1) is 23.7. The minimum atomic E-state index is -4.05. The highest BCUT2D eigenvalue weighted by molar-refractivity contribution is 7.92. The van der Waals surface area contributed by atoms with Crippen LogP contribution in [0.5, 0.6) is 0 Å². The first-order valence-electron chi connectivity index (χ1n) is 10.3. The smallest absolute Gasteiger partial charge is 0.305 e. The van der Waals surface area contributed by atoms with Crippen molar-refractivity contribution in [2.24, 2.45) is 11.8 Å². The van der Waals surface area contributed by atoms with Crippen molar-refractivity contribution in [3.8, 4) is 0 Å². The Morgan fingerprint density at radius 1 is 1.15 bits per heavy atom. The van der Waals surface area contributed by atoms with E-state index in [4.69, 9.17) is 20.0 Å². The molecule has 5 rings (SSSR count). The first-order chi connectivity index (χ1) is 16.0. The van der Waals surface area contributed by atoms with Crippen LogP contribution >= 0.6 is 11.6 Å². The quantitative estimate of drug-likeness (QED) is 0.595. The SMILES string of the molecule is O=C(Nc1cc(F)c(F)c(F)c1)c1ccc(Cl)c(S(=O)(=O)[C@@H]2C3CCC2[C@@]2(COS(=O)O2)C3)c1. The summed E-state index contributed by atoms with van der Waals surface area (Å²) in [6, 6.07) is 4.80. The average Bonchev–Trinajstić information content (AvgIpc) is 3.45. The number of carbonyl (C=O) groups is 1. The summed E-state index contributed by atoms with van der Waals surface area (Å²) < 4.78 is 89.7. The highest BCUT2D eigenvalue weighted by Gasteiger charge is 2.65. The lowest BCUT2D eigenvalue weighted by molar-refractivity contribution is 0.0372. The molecule has 3 aliphatic rings. The Balaban J connectivity index is 1.45. The van der Waals surface area contributed by atoms with Gasteiger partial charge in [-0.3, -0.25) is 13.2 Å². The highest BCUT2D eigenvalue weighted by Crippen LogP contribution is 2.58. The van der Waals surface area contributed by atoms with E-state index in [9.17, 15) is 30.6 Å². The standard InChI is InChI=1S/C21H17ClF3NO6S2/c22-14-4-2-10(20(27)26-12-6-15(23)18(25)16(24)7-12)5-17(14)34(29,30)19-11-1-3-13(19)21(8-11)9-31-33(28)32-21/h2,4-7,11,13,19H,1,3,8-9H2,(H,26,27)/t11?,13?,19-,21+,33?/m1/s1. The Bertz CT molecular complexity index is 1320. The van der Waals surface area contributed by atoms with Crippen LogP contribution in [-0.4, -0.2) is 36.0 Å². The molecular weight excluding hydrogens is 519 g/mol. The molecule has 1 saturated heterocycles. The van der Waals surface area contributed by atoms with Crippen molar-refractivity contribution >= 4 is 44.4 Å². The van der Waals surface area contributed by atoms with Gasteiger partial charge in [0.15, 0.2) is 27.3 Å². The number of carbonyl (C=O) groups excluding carboxylic acids is 1. The van der Waals surface area contributed by atoms with Crippen molar-refractivity contribution in [2.45, 2.75) is 35.0 Å². The van der Waals surface area contributed by atoms with Gasteiger partial charge in [0.25, 0.3) is 5.91 Å². The average molecular weight is 536 g/mol. The number of nitrogens with one attached hydrogen (secondary N) is 1. The molecule has 1 spiro atoms. The summed E-state index contributed by atoms with van der Waals surface area (Å²) in [5.41, 5.74) is -1.42. The van der Waals surface area contributed by atoms with Gasteiger partial charge >= 0.3 is 11.4 Å². The van der Waals surface area contributed by atoms with Crippen LogP contribution in [0.25, 0.3) is 0 Å². The summed E-state index contributed by atoms with van der Waals surface area (Å²) in [5.74, 6) is -6.23. The molecular formula is C21H17ClF3NO6S2. The summed E-state index contributed by atoms with van der Waals surface area (Å²) in [6.45, 7) is 0.0355. The van der Waals surface area contributed by atoms with E-state index >= 15 is 0 Å². The molecule has 0 radical (unpaired) electrons. The van der Waals surface area contributed by atoms with Gasteiger partial charge in [-0.1, -0.05) is 11.6 Å². The van der Waals surface area contributed by atoms with Crippen molar-refractivity contribution in [1.29, 1.82) is 0 Å². The van der Waals surface area contributed by atoms with Crippen molar-refractivity contribution in [1.82, 2.24) is 0 Å². The third kappa shape index (κ3) is 3.76.